The van der Waals surface area contributed by atoms with Gasteiger partial charge >= 0.3 is 0 Å². The van der Waals surface area contributed by atoms with Crippen LogP contribution in [-0.2, 0) is 11.2 Å². The zero-order valence-electron chi connectivity index (χ0n) is 9.78. The van der Waals surface area contributed by atoms with Gasteiger partial charge in [0.15, 0.2) is 0 Å². The number of hydrogen-bond donors (Lipinski definition) is 0. The van der Waals surface area contributed by atoms with Gasteiger partial charge in [0.1, 0.15) is 5.78 Å². The van der Waals surface area contributed by atoms with Crippen molar-refractivity contribution in [2.75, 3.05) is 5.75 Å². The van der Waals surface area contributed by atoms with E-state index >= 15 is 0 Å². The minimum Gasteiger partial charge on any atom is -0.298 e. The van der Waals surface area contributed by atoms with E-state index in [1.165, 1.54) is 37.0 Å². The van der Waals surface area contributed by atoms with E-state index in [1.807, 2.05) is 23.2 Å². The number of carbonyl (C=O) groups is 1. The lowest BCUT2D eigenvalue weighted by Crippen LogP contribution is -2.13. The molecule has 17 heavy (non-hydrogen) atoms. The number of thioether (sulfide) groups is 1. The fraction of sp³-hybridized carbons (Fsp3) is 0.615. The van der Waals surface area contributed by atoms with Crippen molar-refractivity contribution >= 4 is 44.8 Å². The molecular formula is C13H17BrOS2. The van der Waals surface area contributed by atoms with Crippen molar-refractivity contribution in [3.05, 3.63) is 20.8 Å². The van der Waals surface area contributed by atoms with Gasteiger partial charge in [-0.2, -0.15) is 11.8 Å². The maximum Gasteiger partial charge on any atom is 0.147 e. The molecule has 1 aromatic heterocycles. The second-order valence-corrected chi connectivity index (χ2v) is 7.62. The number of halogens is 1. The molecule has 2 rings (SSSR count). The largest absolute Gasteiger partial charge is 0.298 e. The summed E-state index contributed by atoms with van der Waals surface area (Å²) in [6.07, 6.45) is 7.29. The number of thiophene rings is 1. The Morgan fingerprint density at radius 1 is 1.41 bits per heavy atom. The topological polar surface area (TPSA) is 17.1 Å². The molecule has 0 aliphatic heterocycles. The summed E-state index contributed by atoms with van der Waals surface area (Å²) in [7, 11) is 0. The van der Waals surface area contributed by atoms with E-state index in [9.17, 15) is 4.79 Å². The number of hydrogen-bond acceptors (Lipinski definition) is 3. The van der Waals surface area contributed by atoms with E-state index in [-0.39, 0.29) is 0 Å². The molecule has 1 aliphatic rings. The van der Waals surface area contributed by atoms with Crippen LogP contribution in [0.4, 0.5) is 0 Å². The molecule has 1 saturated carbocycles. The fourth-order valence-electron chi connectivity index (χ4n) is 2.12. The van der Waals surface area contributed by atoms with Crippen LogP contribution in [0, 0.1) is 0 Å². The molecule has 0 atom stereocenters. The molecule has 1 nitrogen and oxygen atoms in total. The SMILES string of the molecule is O=C(CSC1CCCCC1)Cc1sccc1Br. The van der Waals surface area contributed by atoms with Crippen LogP contribution in [0.15, 0.2) is 15.9 Å². The molecule has 0 spiro atoms. The summed E-state index contributed by atoms with van der Waals surface area (Å²) in [4.78, 5) is 13.0. The Morgan fingerprint density at radius 3 is 2.82 bits per heavy atom. The lowest BCUT2D eigenvalue weighted by atomic mass is 10.0. The van der Waals surface area contributed by atoms with Gasteiger partial charge in [-0.25, -0.2) is 0 Å². The minimum atomic E-state index is 0.365. The zero-order valence-corrected chi connectivity index (χ0v) is 13.0. The molecule has 0 saturated heterocycles. The molecule has 0 bridgehead atoms. The van der Waals surface area contributed by atoms with E-state index in [0.717, 1.165) is 9.72 Å². The Hall–Kier alpha value is 0.200. The molecule has 1 fully saturated rings. The summed E-state index contributed by atoms with van der Waals surface area (Å²) in [5.74, 6) is 1.05. The Labute approximate surface area is 120 Å². The van der Waals surface area contributed by atoms with Crippen molar-refractivity contribution in [3.63, 3.8) is 0 Å². The van der Waals surface area contributed by atoms with Crippen LogP contribution in [-0.4, -0.2) is 16.8 Å². The Kier molecular flexibility index (Phi) is 5.57. The van der Waals surface area contributed by atoms with Crippen LogP contribution in [0.3, 0.4) is 0 Å². The zero-order chi connectivity index (χ0) is 12.1. The van der Waals surface area contributed by atoms with Gasteiger partial charge in [0.05, 0.1) is 5.75 Å². The Bertz CT molecular complexity index is 369. The standard InChI is InChI=1S/C13H17BrOS2/c14-12-6-7-16-13(12)8-10(15)9-17-11-4-2-1-3-5-11/h6-7,11H,1-5,8-9H2. The number of ketones is 1. The van der Waals surface area contributed by atoms with Gasteiger partial charge in [-0.3, -0.25) is 4.79 Å². The van der Waals surface area contributed by atoms with Crippen LogP contribution in [0.5, 0.6) is 0 Å². The van der Waals surface area contributed by atoms with Crippen LogP contribution in [0.25, 0.3) is 0 Å². The van der Waals surface area contributed by atoms with E-state index in [4.69, 9.17) is 0 Å². The molecule has 0 N–H and O–H groups in total. The van der Waals surface area contributed by atoms with Gasteiger partial charge in [-0.05, 0) is 40.2 Å². The molecule has 0 amide bonds. The number of Topliss-reactive ketones (excluding diaryl/α,β-unsaturated/α-hetero) is 1. The van der Waals surface area contributed by atoms with Crippen LogP contribution in [0.2, 0.25) is 0 Å². The molecule has 1 heterocycles. The first-order valence-electron chi connectivity index (χ1n) is 6.11. The second kappa shape index (κ2) is 6.95. The summed E-state index contributed by atoms with van der Waals surface area (Å²) in [6, 6.07) is 2.02. The van der Waals surface area contributed by atoms with Gasteiger partial charge in [-0.15, -0.1) is 11.3 Å². The van der Waals surface area contributed by atoms with E-state index < -0.39 is 0 Å². The first kappa shape index (κ1) is 13.6. The highest BCUT2D eigenvalue weighted by molar-refractivity contribution is 9.10. The third kappa shape index (κ3) is 4.42. The van der Waals surface area contributed by atoms with Gasteiger partial charge in [-0.1, -0.05) is 19.3 Å². The van der Waals surface area contributed by atoms with Gasteiger partial charge in [0.25, 0.3) is 0 Å². The molecule has 0 unspecified atom stereocenters. The number of carbonyl (C=O) groups excluding carboxylic acids is 1. The van der Waals surface area contributed by atoms with Gasteiger partial charge in [0, 0.05) is 21.0 Å². The van der Waals surface area contributed by atoms with Gasteiger partial charge < -0.3 is 0 Å². The van der Waals surface area contributed by atoms with Crippen LogP contribution >= 0.6 is 39.0 Å². The molecule has 1 aliphatic carbocycles. The summed E-state index contributed by atoms with van der Waals surface area (Å²) in [5, 5.41) is 2.76. The molecule has 0 aromatic carbocycles. The Balaban J connectivity index is 1.72. The third-order valence-electron chi connectivity index (χ3n) is 3.08. The van der Waals surface area contributed by atoms with Crippen molar-refractivity contribution < 1.29 is 4.79 Å². The van der Waals surface area contributed by atoms with E-state index in [0.29, 0.717) is 18.0 Å². The van der Waals surface area contributed by atoms with E-state index in [2.05, 4.69) is 15.9 Å². The molecule has 0 radical (unpaired) electrons. The van der Waals surface area contributed by atoms with Crippen molar-refractivity contribution in [1.29, 1.82) is 0 Å². The second-order valence-electron chi connectivity index (χ2n) is 4.48. The maximum atomic E-state index is 11.9. The quantitative estimate of drug-likeness (QED) is 0.778. The monoisotopic (exact) mass is 332 g/mol. The van der Waals surface area contributed by atoms with Gasteiger partial charge in [0.2, 0.25) is 0 Å². The van der Waals surface area contributed by atoms with Crippen molar-refractivity contribution in [3.8, 4) is 0 Å². The minimum absolute atomic E-state index is 0.365. The predicted molar refractivity (Wildman–Crippen MR) is 80.1 cm³/mol. The summed E-state index contributed by atoms with van der Waals surface area (Å²) >= 11 is 7.01. The number of rotatable bonds is 5. The summed E-state index contributed by atoms with van der Waals surface area (Å²) in [5.41, 5.74) is 0. The van der Waals surface area contributed by atoms with Crippen molar-refractivity contribution in [1.82, 2.24) is 0 Å². The highest BCUT2D eigenvalue weighted by Gasteiger charge is 2.16. The highest BCUT2D eigenvalue weighted by Crippen LogP contribution is 2.29. The Morgan fingerprint density at radius 2 is 2.18 bits per heavy atom. The molecule has 4 heteroatoms. The first-order valence-corrected chi connectivity index (χ1v) is 8.83. The molecule has 94 valence electrons. The smallest absolute Gasteiger partial charge is 0.147 e. The predicted octanol–water partition coefficient (Wildman–Crippen LogP) is 4.69. The average Bonchev–Trinajstić information content (AvgIpc) is 2.74. The molecular weight excluding hydrogens is 316 g/mol. The van der Waals surface area contributed by atoms with Crippen LogP contribution < -0.4 is 0 Å². The third-order valence-corrected chi connectivity index (χ3v) is 6.44. The van der Waals surface area contributed by atoms with Crippen molar-refractivity contribution in [2.24, 2.45) is 0 Å². The fourth-order valence-corrected chi connectivity index (χ4v) is 4.84. The highest BCUT2D eigenvalue weighted by atomic mass is 79.9. The lowest BCUT2D eigenvalue weighted by molar-refractivity contribution is -0.115. The average molecular weight is 333 g/mol. The lowest BCUT2D eigenvalue weighted by Gasteiger charge is -2.20. The van der Waals surface area contributed by atoms with Crippen LogP contribution in [0.1, 0.15) is 37.0 Å². The summed E-state index contributed by atoms with van der Waals surface area (Å²) < 4.78 is 1.08. The molecule has 1 aromatic rings. The van der Waals surface area contributed by atoms with Crippen molar-refractivity contribution in [2.45, 2.75) is 43.8 Å². The normalized spacial score (nSPS) is 17.2. The summed E-state index contributed by atoms with van der Waals surface area (Å²) in [6.45, 7) is 0. The first-order chi connectivity index (χ1) is 8.25. The maximum absolute atomic E-state index is 11.9. The van der Waals surface area contributed by atoms with E-state index in [1.54, 1.807) is 11.3 Å².